The van der Waals surface area contributed by atoms with Crippen LogP contribution in [0, 0.1) is 0 Å². The van der Waals surface area contributed by atoms with Gasteiger partial charge in [-0.15, -0.1) is 0 Å². The van der Waals surface area contributed by atoms with Crippen molar-refractivity contribution in [2.75, 3.05) is 21.3 Å². The van der Waals surface area contributed by atoms with Gasteiger partial charge in [-0.05, 0) is 19.3 Å². The maximum absolute atomic E-state index is 5.46. The molecule has 0 radical (unpaired) electrons. The highest BCUT2D eigenvalue weighted by atomic mass is 28.4. The predicted octanol–water partition coefficient (Wildman–Crippen LogP) is 1.74. The SMILES string of the molecule is CO[Si](CCC1=CC2OC2CC1)(OC)OC. The standard InChI is InChI=1S/C11H20O4Si/c1-12-16(13-2,14-3)7-6-9-4-5-10-11(8-9)15-10/h8,10-11H,4-7H2,1-3H3. The number of rotatable bonds is 6. The normalized spacial score (nSPS) is 28.6. The largest absolute Gasteiger partial charge is 0.500 e. The minimum atomic E-state index is -2.39. The van der Waals surface area contributed by atoms with Gasteiger partial charge in [0.15, 0.2) is 0 Å². The zero-order chi connectivity index (χ0) is 11.6. The molecule has 1 saturated heterocycles. The lowest BCUT2D eigenvalue weighted by atomic mass is 9.98. The first kappa shape index (κ1) is 12.3. The number of hydrogen-bond donors (Lipinski definition) is 0. The number of hydrogen-bond acceptors (Lipinski definition) is 4. The first-order valence-electron chi connectivity index (χ1n) is 5.73. The van der Waals surface area contributed by atoms with E-state index >= 15 is 0 Å². The summed E-state index contributed by atoms with van der Waals surface area (Å²) in [7, 11) is 2.59. The molecule has 4 nitrogen and oxygen atoms in total. The van der Waals surface area contributed by atoms with Gasteiger partial charge < -0.3 is 18.0 Å². The molecule has 0 bridgehead atoms. The van der Waals surface area contributed by atoms with E-state index in [0.29, 0.717) is 12.2 Å². The Morgan fingerprint density at radius 3 is 2.56 bits per heavy atom. The van der Waals surface area contributed by atoms with Gasteiger partial charge in [0.1, 0.15) is 6.10 Å². The van der Waals surface area contributed by atoms with Crippen molar-refractivity contribution in [1.29, 1.82) is 0 Å². The molecule has 16 heavy (non-hydrogen) atoms. The van der Waals surface area contributed by atoms with Crippen molar-refractivity contribution in [3.8, 4) is 0 Å². The lowest BCUT2D eigenvalue weighted by molar-refractivity contribution is 0.123. The molecule has 2 unspecified atom stereocenters. The molecule has 0 aromatic carbocycles. The highest BCUT2D eigenvalue weighted by Gasteiger charge is 2.41. The average Bonchev–Trinajstić information content (AvgIpc) is 3.10. The van der Waals surface area contributed by atoms with Crippen molar-refractivity contribution in [2.24, 2.45) is 0 Å². The minimum Gasteiger partial charge on any atom is -0.377 e. The summed E-state index contributed by atoms with van der Waals surface area (Å²) in [6, 6.07) is 0.847. The molecule has 0 N–H and O–H groups in total. The number of ether oxygens (including phenoxy) is 1. The molecule has 0 aromatic rings. The summed E-state index contributed by atoms with van der Waals surface area (Å²) in [6.07, 6.45) is 6.47. The first-order chi connectivity index (χ1) is 7.73. The molecule has 0 aromatic heterocycles. The fourth-order valence-corrected chi connectivity index (χ4v) is 4.00. The molecule has 2 aliphatic rings. The van der Waals surface area contributed by atoms with Gasteiger partial charge in [0.25, 0.3) is 0 Å². The molecule has 5 heteroatoms. The molecule has 0 amide bonds. The summed E-state index contributed by atoms with van der Waals surface area (Å²) >= 11 is 0. The van der Waals surface area contributed by atoms with E-state index < -0.39 is 8.80 Å². The second kappa shape index (κ2) is 4.97. The Bertz CT molecular complexity index is 267. The van der Waals surface area contributed by atoms with Crippen LogP contribution in [0.4, 0.5) is 0 Å². The molecule has 0 saturated carbocycles. The third-order valence-corrected chi connectivity index (χ3v) is 6.19. The molecule has 1 fully saturated rings. The van der Waals surface area contributed by atoms with Gasteiger partial charge in [0.2, 0.25) is 0 Å². The average molecular weight is 244 g/mol. The Morgan fingerprint density at radius 1 is 1.31 bits per heavy atom. The summed E-state index contributed by atoms with van der Waals surface area (Å²) in [5.41, 5.74) is 1.46. The summed E-state index contributed by atoms with van der Waals surface area (Å²) in [5.74, 6) is 0. The topological polar surface area (TPSA) is 40.2 Å². The Morgan fingerprint density at radius 2 is 2.00 bits per heavy atom. The van der Waals surface area contributed by atoms with E-state index in [0.717, 1.165) is 25.3 Å². The predicted molar refractivity (Wildman–Crippen MR) is 62.2 cm³/mol. The maximum atomic E-state index is 5.46. The fourth-order valence-electron chi connectivity index (χ4n) is 2.26. The van der Waals surface area contributed by atoms with Gasteiger partial charge in [0, 0.05) is 27.4 Å². The van der Waals surface area contributed by atoms with Gasteiger partial charge in [-0.25, -0.2) is 0 Å². The van der Waals surface area contributed by atoms with Crippen molar-refractivity contribution in [3.63, 3.8) is 0 Å². The van der Waals surface area contributed by atoms with Crippen LogP contribution in [-0.4, -0.2) is 42.3 Å². The number of epoxide rings is 1. The van der Waals surface area contributed by atoms with Crippen LogP contribution >= 0.6 is 0 Å². The van der Waals surface area contributed by atoms with Crippen LogP contribution in [0.25, 0.3) is 0 Å². The van der Waals surface area contributed by atoms with Gasteiger partial charge in [-0.1, -0.05) is 11.6 Å². The van der Waals surface area contributed by atoms with Crippen LogP contribution < -0.4 is 0 Å². The van der Waals surface area contributed by atoms with E-state index in [1.807, 2.05) is 0 Å². The molecule has 1 heterocycles. The van der Waals surface area contributed by atoms with Gasteiger partial charge in [-0.3, -0.25) is 0 Å². The second-order valence-electron chi connectivity index (χ2n) is 4.30. The monoisotopic (exact) mass is 244 g/mol. The van der Waals surface area contributed by atoms with Crippen LogP contribution in [0.5, 0.6) is 0 Å². The zero-order valence-corrected chi connectivity index (χ0v) is 11.2. The highest BCUT2D eigenvalue weighted by Crippen LogP contribution is 2.37. The Kier molecular flexibility index (Phi) is 3.81. The molecular formula is C11H20O4Si. The van der Waals surface area contributed by atoms with E-state index in [4.69, 9.17) is 18.0 Å². The van der Waals surface area contributed by atoms with Crippen molar-refractivity contribution >= 4 is 8.80 Å². The van der Waals surface area contributed by atoms with E-state index in [9.17, 15) is 0 Å². The quantitative estimate of drug-likeness (QED) is 0.405. The van der Waals surface area contributed by atoms with Crippen LogP contribution in [0.15, 0.2) is 11.6 Å². The minimum absolute atomic E-state index is 0.396. The van der Waals surface area contributed by atoms with Gasteiger partial charge in [0.05, 0.1) is 6.10 Å². The van der Waals surface area contributed by atoms with E-state index in [-0.39, 0.29) is 0 Å². The molecule has 1 aliphatic heterocycles. The van der Waals surface area contributed by atoms with E-state index in [1.165, 1.54) is 5.57 Å². The summed E-state index contributed by atoms with van der Waals surface area (Å²) in [5, 5.41) is 0. The van der Waals surface area contributed by atoms with Gasteiger partial charge >= 0.3 is 8.80 Å². The van der Waals surface area contributed by atoms with Crippen LogP contribution in [0.1, 0.15) is 19.3 Å². The van der Waals surface area contributed by atoms with Crippen molar-refractivity contribution in [3.05, 3.63) is 11.6 Å². The molecule has 2 rings (SSSR count). The zero-order valence-electron chi connectivity index (χ0n) is 10.2. The highest BCUT2D eigenvalue weighted by molar-refractivity contribution is 6.60. The summed E-state index contributed by atoms with van der Waals surface area (Å²) in [6.45, 7) is 0. The van der Waals surface area contributed by atoms with E-state index in [1.54, 1.807) is 21.3 Å². The molecule has 92 valence electrons. The summed E-state index contributed by atoms with van der Waals surface area (Å²) < 4.78 is 21.7. The Hall–Kier alpha value is -0.203. The number of allylic oxidation sites excluding steroid dienone is 1. The Balaban J connectivity index is 1.85. The van der Waals surface area contributed by atoms with Gasteiger partial charge in [-0.2, -0.15) is 0 Å². The fraction of sp³-hybridized carbons (Fsp3) is 0.818. The van der Waals surface area contributed by atoms with Crippen molar-refractivity contribution < 1.29 is 18.0 Å². The third kappa shape index (κ3) is 2.54. The summed E-state index contributed by atoms with van der Waals surface area (Å²) in [4.78, 5) is 0. The Labute approximate surface area is 97.9 Å². The van der Waals surface area contributed by atoms with Crippen LogP contribution in [0.2, 0.25) is 6.04 Å². The van der Waals surface area contributed by atoms with E-state index in [2.05, 4.69) is 6.08 Å². The molecule has 1 aliphatic carbocycles. The lowest BCUT2D eigenvalue weighted by Gasteiger charge is -2.25. The number of fused-ring (bicyclic) bond motifs is 1. The smallest absolute Gasteiger partial charge is 0.377 e. The first-order valence-corrected chi connectivity index (χ1v) is 7.66. The molecule has 0 spiro atoms. The second-order valence-corrected chi connectivity index (χ2v) is 7.39. The lowest BCUT2D eigenvalue weighted by Crippen LogP contribution is -2.42. The van der Waals surface area contributed by atoms with Crippen LogP contribution in [0.3, 0.4) is 0 Å². The maximum Gasteiger partial charge on any atom is 0.500 e. The van der Waals surface area contributed by atoms with Crippen molar-refractivity contribution in [1.82, 2.24) is 0 Å². The molecule has 2 atom stereocenters. The molecular weight excluding hydrogens is 224 g/mol. The van der Waals surface area contributed by atoms with Crippen molar-refractivity contribution in [2.45, 2.75) is 37.5 Å². The third-order valence-electron chi connectivity index (χ3n) is 3.46. The van der Waals surface area contributed by atoms with Crippen LogP contribution in [-0.2, 0) is 18.0 Å².